The smallest absolute Gasteiger partial charge is 0.358 e. The molecule has 0 aromatic carbocycles. The molecule has 0 saturated heterocycles. The minimum atomic E-state index is -1.22. The van der Waals surface area contributed by atoms with Gasteiger partial charge >= 0.3 is 17.9 Å². The van der Waals surface area contributed by atoms with E-state index in [2.05, 4.69) is 34.9 Å². The number of nitrogens with one attached hydrogen (secondary N) is 1. The molecule has 332 valence electrons. The van der Waals surface area contributed by atoms with Gasteiger partial charge in [0.1, 0.15) is 23.9 Å². The van der Waals surface area contributed by atoms with Crippen molar-refractivity contribution in [1.29, 1.82) is 0 Å². The maximum absolute atomic E-state index is 10.2. The molecule has 6 heterocycles. The first-order valence-corrected chi connectivity index (χ1v) is 14.6. The number of aliphatic hydroxyl groups is 2. The zero-order chi connectivity index (χ0) is 37.9. The number of aliphatic hydroxyl groups excluding tert-OH is 2. The molecule has 6 aromatic rings. The summed E-state index contributed by atoms with van der Waals surface area (Å²) >= 11 is 0. The second-order valence-corrected chi connectivity index (χ2v) is 9.41. The Labute approximate surface area is 351 Å². The Balaban J connectivity index is -0.0000000862. The van der Waals surface area contributed by atoms with E-state index < -0.39 is 17.9 Å². The molecule has 0 bridgehead atoms. The van der Waals surface area contributed by atoms with Crippen molar-refractivity contribution in [1.82, 2.24) is 39.5 Å². The average molecular weight is 831 g/mol. The van der Waals surface area contributed by atoms with Crippen LogP contribution < -0.4 is 0 Å². The number of imidazole rings is 2. The van der Waals surface area contributed by atoms with Crippen molar-refractivity contribution in [3.8, 4) is 5.75 Å². The van der Waals surface area contributed by atoms with Crippen LogP contribution in [0.15, 0.2) is 116 Å². The summed E-state index contributed by atoms with van der Waals surface area (Å²) in [6.45, 7) is 2.03. The summed E-state index contributed by atoms with van der Waals surface area (Å²) in [5, 5.41) is 50.7. The fourth-order valence-electron chi connectivity index (χ4n) is 3.08. The van der Waals surface area contributed by atoms with Crippen LogP contribution >= 0.6 is 0 Å². The molecular formula is C42H70N8O9. The molecule has 0 saturated carbocycles. The van der Waals surface area contributed by atoms with Gasteiger partial charge in [-0.3, -0.25) is 14.8 Å². The van der Waals surface area contributed by atoms with E-state index in [9.17, 15) is 14.4 Å². The molecule has 17 nitrogen and oxygen atoms in total. The normalized spacial score (nSPS) is 7.93. The first-order valence-electron chi connectivity index (χ1n) is 14.6. The monoisotopic (exact) mass is 831 g/mol. The number of aliphatic carboxylic acids is 1. The fourth-order valence-corrected chi connectivity index (χ4v) is 3.08. The summed E-state index contributed by atoms with van der Waals surface area (Å²) in [5.41, 5.74) is 2.18. The first kappa shape index (κ1) is 70.0. The third-order valence-electron chi connectivity index (χ3n) is 5.53. The molecule has 6 rings (SSSR count). The molecule has 6 aromatic heterocycles. The number of hydrogen-bond acceptors (Lipinski definition) is 12. The van der Waals surface area contributed by atoms with Gasteiger partial charge in [0.2, 0.25) is 0 Å². The van der Waals surface area contributed by atoms with E-state index in [0.29, 0.717) is 11.5 Å². The zero-order valence-electron chi connectivity index (χ0n) is 27.6. The van der Waals surface area contributed by atoms with Gasteiger partial charge in [0, 0.05) is 49.9 Å². The van der Waals surface area contributed by atoms with Crippen molar-refractivity contribution in [2.24, 2.45) is 7.05 Å². The van der Waals surface area contributed by atoms with Gasteiger partial charge in [0.15, 0.2) is 5.69 Å². The SMILES string of the molecule is C.C.C.C.C.C.C.C.Cc1ccccn1.Cn1ccnc1CO.O=C(O)Cc1ccccn1.O=C(O)c1ccccn1.O=C(O)c1ncccc1O.OCc1cnc[nH]1. The van der Waals surface area contributed by atoms with Crippen molar-refractivity contribution >= 4 is 17.9 Å². The predicted molar refractivity (Wildman–Crippen MR) is 236 cm³/mol. The number of aromatic amines is 1. The number of aromatic nitrogens is 8. The lowest BCUT2D eigenvalue weighted by Crippen LogP contribution is -2.01. The molecular weight excluding hydrogens is 761 g/mol. The van der Waals surface area contributed by atoms with Gasteiger partial charge in [0.25, 0.3) is 0 Å². The maximum atomic E-state index is 10.2. The van der Waals surface area contributed by atoms with E-state index >= 15 is 0 Å². The van der Waals surface area contributed by atoms with Gasteiger partial charge in [0.05, 0.1) is 36.9 Å². The number of carboxylic acid groups (broad SMARTS) is 3. The number of pyridine rings is 4. The standard InChI is InChI=1S/C7H7NO2.C6H5NO3.C6H5NO2.C6H7N.C5H8N2O.C4H6N2O.8CH4/c9-7(10)5-6-3-1-2-4-8-6;8-4-2-1-3-7-5(4)6(9)10;8-6(9)5-3-1-2-4-7-5;1-6-4-2-3-5-7-6;1-7-3-2-6-5(7)4-8;7-2-4-1-5-3-6-4;;;;;;;;/h1-4H,5H2,(H,9,10);1-3,8H,(H,9,10);1-4H,(H,8,9);2-5H,1H3;2-3,8H,4H2,1H3;1,3,7H,2H2,(H,5,6);8*1H4. The van der Waals surface area contributed by atoms with E-state index in [-0.39, 0.29) is 96.2 Å². The lowest BCUT2D eigenvalue weighted by Gasteiger charge is -1.93. The van der Waals surface area contributed by atoms with Crippen LogP contribution in [-0.2, 0) is 31.5 Å². The van der Waals surface area contributed by atoms with Crippen molar-refractivity contribution < 1.29 is 45.0 Å². The molecule has 17 heteroatoms. The molecule has 0 amide bonds. The van der Waals surface area contributed by atoms with Gasteiger partial charge in [-0.2, -0.15) is 0 Å². The molecule has 0 atom stereocenters. The van der Waals surface area contributed by atoms with E-state index in [1.54, 1.807) is 65.9 Å². The average Bonchev–Trinajstić information content (AvgIpc) is 3.82. The van der Waals surface area contributed by atoms with Crippen LogP contribution in [0.5, 0.6) is 5.75 Å². The van der Waals surface area contributed by atoms with Crippen molar-refractivity contribution in [2.45, 2.75) is 86.0 Å². The number of aryl methyl sites for hydroxylation is 2. The zero-order valence-corrected chi connectivity index (χ0v) is 27.6. The van der Waals surface area contributed by atoms with E-state index in [1.165, 1.54) is 36.9 Å². The lowest BCUT2D eigenvalue weighted by atomic mass is 10.3. The first-order chi connectivity index (χ1) is 24.5. The summed E-state index contributed by atoms with van der Waals surface area (Å²) in [7, 11) is 1.85. The highest BCUT2D eigenvalue weighted by atomic mass is 16.4. The number of nitrogens with zero attached hydrogens (tertiary/aromatic N) is 7. The summed E-state index contributed by atoms with van der Waals surface area (Å²) in [4.78, 5) is 55.5. The topological polar surface area (TPSA) is 271 Å². The molecule has 7 N–H and O–H groups in total. The fraction of sp³-hybridized carbons (Fsp3) is 0.310. The lowest BCUT2D eigenvalue weighted by molar-refractivity contribution is -0.136. The van der Waals surface area contributed by atoms with Crippen LogP contribution in [0.3, 0.4) is 0 Å². The Kier molecular flexibility index (Phi) is 50.2. The van der Waals surface area contributed by atoms with E-state index in [4.69, 9.17) is 30.6 Å². The number of aromatic hydroxyl groups is 1. The Bertz CT molecular complexity index is 1810. The van der Waals surface area contributed by atoms with Gasteiger partial charge in [-0.05, 0) is 55.5 Å². The van der Waals surface area contributed by atoms with Crippen molar-refractivity contribution in [2.75, 3.05) is 0 Å². The third-order valence-corrected chi connectivity index (χ3v) is 5.53. The predicted octanol–water partition coefficient (Wildman–Crippen LogP) is 8.27. The third kappa shape index (κ3) is 33.0. The Hall–Kier alpha value is -6.85. The summed E-state index contributed by atoms with van der Waals surface area (Å²) in [6.07, 6.45) is 12.7. The van der Waals surface area contributed by atoms with Gasteiger partial charge in [-0.1, -0.05) is 77.6 Å². The summed E-state index contributed by atoms with van der Waals surface area (Å²) < 4.78 is 1.78. The largest absolute Gasteiger partial charge is 0.505 e. The summed E-state index contributed by atoms with van der Waals surface area (Å²) in [5.74, 6) is -2.67. The van der Waals surface area contributed by atoms with Crippen LogP contribution in [0.2, 0.25) is 0 Å². The Morgan fingerprint density at radius 3 is 1.47 bits per heavy atom. The molecule has 0 aliphatic heterocycles. The maximum Gasteiger partial charge on any atom is 0.358 e. The number of hydrogen-bond donors (Lipinski definition) is 7. The molecule has 0 unspecified atom stereocenters. The van der Waals surface area contributed by atoms with Crippen LogP contribution in [-0.4, -0.2) is 88.0 Å². The van der Waals surface area contributed by atoms with Crippen LogP contribution in [0, 0.1) is 6.92 Å². The molecule has 59 heavy (non-hydrogen) atoms. The van der Waals surface area contributed by atoms with E-state index in [1.807, 2.05) is 32.2 Å². The van der Waals surface area contributed by atoms with Crippen molar-refractivity contribution in [3.05, 3.63) is 151 Å². The number of aromatic carboxylic acids is 2. The van der Waals surface area contributed by atoms with Gasteiger partial charge < -0.3 is 40.2 Å². The number of carboxylic acids is 3. The Morgan fingerprint density at radius 1 is 0.644 bits per heavy atom. The molecule has 0 radical (unpaired) electrons. The molecule has 0 spiro atoms. The number of carbonyl (C=O) groups is 3. The van der Waals surface area contributed by atoms with Crippen molar-refractivity contribution in [3.63, 3.8) is 0 Å². The van der Waals surface area contributed by atoms with Crippen LogP contribution in [0.25, 0.3) is 0 Å². The number of rotatable bonds is 6. The van der Waals surface area contributed by atoms with Crippen LogP contribution in [0.4, 0.5) is 0 Å². The molecule has 0 aliphatic carbocycles. The quantitative estimate of drug-likeness (QED) is 0.0832. The molecule has 0 aliphatic rings. The highest BCUT2D eigenvalue weighted by Crippen LogP contribution is 2.11. The Morgan fingerprint density at radius 2 is 1.20 bits per heavy atom. The second-order valence-electron chi connectivity index (χ2n) is 9.41. The summed E-state index contributed by atoms with van der Waals surface area (Å²) in [6, 6.07) is 18.6. The molecule has 0 fully saturated rings. The van der Waals surface area contributed by atoms with E-state index in [0.717, 1.165) is 11.4 Å². The number of H-pyrrole nitrogens is 1. The minimum Gasteiger partial charge on any atom is -0.505 e. The van der Waals surface area contributed by atoms with Crippen LogP contribution in [0.1, 0.15) is 103 Å². The van der Waals surface area contributed by atoms with Gasteiger partial charge in [-0.25, -0.2) is 29.5 Å². The minimum absolute atomic E-state index is 0. The highest BCUT2D eigenvalue weighted by Gasteiger charge is 2.08. The van der Waals surface area contributed by atoms with Gasteiger partial charge in [-0.15, -0.1) is 0 Å². The second kappa shape index (κ2) is 42.3. The highest BCUT2D eigenvalue weighted by molar-refractivity contribution is 5.88.